The summed E-state index contributed by atoms with van der Waals surface area (Å²) in [6, 6.07) is 12.0. The van der Waals surface area contributed by atoms with Crippen molar-refractivity contribution in [1.82, 2.24) is 15.6 Å². The highest BCUT2D eigenvalue weighted by Gasteiger charge is 2.05. The zero-order valence-corrected chi connectivity index (χ0v) is 12.4. The molecular formula is C16H17N3OS. The first-order valence-electron chi connectivity index (χ1n) is 6.92. The number of carbonyl (C=O) groups excluding carboxylic acids is 1. The molecule has 0 fully saturated rings. The fourth-order valence-corrected chi connectivity index (χ4v) is 2.90. The van der Waals surface area contributed by atoms with Gasteiger partial charge in [0, 0.05) is 36.7 Å². The van der Waals surface area contributed by atoms with Crippen LogP contribution < -0.4 is 10.6 Å². The van der Waals surface area contributed by atoms with E-state index in [0.29, 0.717) is 6.54 Å². The number of fused-ring (bicyclic) bond motifs is 1. The second-order valence-corrected chi connectivity index (χ2v) is 5.72. The van der Waals surface area contributed by atoms with Crippen LogP contribution in [0, 0.1) is 0 Å². The zero-order chi connectivity index (χ0) is 14.5. The number of nitrogens with one attached hydrogen (secondary N) is 3. The number of aromatic amines is 1. The Labute approximate surface area is 127 Å². The minimum atomic E-state index is -0.00102. The van der Waals surface area contributed by atoms with Gasteiger partial charge in [0.05, 0.1) is 4.88 Å². The number of amides is 1. The summed E-state index contributed by atoms with van der Waals surface area (Å²) < 4.78 is 0. The second-order valence-electron chi connectivity index (χ2n) is 4.77. The van der Waals surface area contributed by atoms with Crippen LogP contribution >= 0.6 is 11.3 Å². The maximum atomic E-state index is 11.7. The van der Waals surface area contributed by atoms with Gasteiger partial charge in [-0.15, -0.1) is 11.3 Å². The van der Waals surface area contributed by atoms with E-state index >= 15 is 0 Å². The molecule has 1 aromatic carbocycles. The van der Waals surface area contributed by atoms with Crippen LogP contribution in [0.1, 0.15) is 15.2 Å². The highest BCUT2D eigenvalue weighted by Crippen LogP contribution is 2.17. The van der Waals surface area contributed by atoms with Crippen molar-refractivity contribution in [2.75, 3.05) is 13.1 Å². The van der Waals surface area contributed by atoms with E-state index < -0.39 is 0 Å². The minimum Gasteiger partial charge on any atom is -0.361 e. The van der Waals surface area contributed by atoms with Crippen LogP contribution in [-0.2, 0) is 6.54 Å². The molecule has 3 N–H and O–H groups in total. The van der Waals surface area contributed by atoms with Crippen molar-refractivity contribution in [2.24, 2.45) is 0 Å². The maximum absolute atomic E-state index is 11.7. The molecule has 108 valence electrons. The Hall–Kier alpha value is -2.11. The van der Waals surface area contributed by atoms with E-state index in [0.717, 1.165) is 23.5 Å². The van der Waals surface area contributed by atoms with Gasteiger partial charge in [-0.3, -0.25) is 4.79 Å². The highest BCUT2D eigenvalue weighted by molar-refractivity contribution is 7.12. The molecule has 0 unspecified atom stereocenters. The van der Waals surface area contributed by atoms with Crippen LogP contribution in [0.2, 0.25) is 0 Å². The van der Waals surface area contributed by atoms with Crippen molar-refractivity contribution < 1.29 is 4.79 Å². The molecule has 0 aliphatic rings. The van der Waals surface area contributed by atoms with Gasteiger partial charge in [0.1, 0.15) is 0 Å². The molecule has 0 radical (unpaired) electrons. The number of H-pyrrole nitrogens is 1. The standard InChI is InChI=1S/C16H17N3OS/c20-16(15-6-3-9-21-15)18-8-7-17-10-12-11-19-14-5-2-1-4-13(12)14/h1-6,9,11,17,19H,7-8,10H2,(H,18,20). The van der Waals surface area contributed by atoms with Gasteiger partial charge in [0.15, 0.2) is 0 Å². The van der Waals surface area contributed by atoms with Crippen molar-refractivity contribution in [3.05, 3.63) is 58.4 Å². The van der Waals surface area contributed by atoms with Crippen LogP contribution in [0.15, 0.2) is 48.0 Å². The predicted octanol–water partition coefficient (Wildman–Crippen LogP) is 2.75. The average Bonchev–Trinajstić information content (AvgIpc) is 3.16. The molecule has 0 saturated carbocycles. The van der Waals surface area contributed by atoms with Gasteiger partial charge in [-0.05, 0) is 23.1 Å². The zero-order valence-electron chi connectivity index (χ0n) is 11.6. The van der Waals surface area contributed by atoms with E-state index in [1.54, 1.807) is 0 Å². The average molecular weight is 299 g/mol. The van der Waals surface area contributed by atoms with Gasteiger partial charge in [0.25, 0.3) is 5.91 Å². The van der Waals surface area contributed by atoms with Gasteiger partial charge in [-0.25, -0.2) is 0 Å². The number of thiophene rings is 1. The largest absolute Gasteiger partial charge is 0.361 e. The van der Waals surface area contributed by atoms with Gasteiger partial charge < -0.3 is 15.6 Å². The van der Waals surface area contributed by atoms with Gasteiger partial charge in [-0.2, -0.15) is 0 Å². The molecule has 0 atom stereocenters. The van der Waals surface area contributed by atoms with Crippen molar-refractivity contribution in [3.63, 3.8) is 0 Å². The molecule has 2 heterocycles. The van der Waals surface area contributed by atoms with Gasteiger partial charge >= 0.3 is 0 Å². The topological polar surface area (TPSA) is 56.9 Å². The van der Waals surface area contributed by atoms with Gasteiger partial charge in [-0.1, -0.05) is 24.3 Å². The Kier molecular flexibility index (Phi) is 4.33. The van der Waals surface area contributed by atoms with E-state index in [2.05, 4.69) is 27.8 Å². The number of rotatable bonds is 6. The van der Waals surface area contributed by atoms with E-state index in [1.165, 1.54) is 22.3 Å². The predicted molar refractivity (Wildman–Crippen MR) is 86.7 cm³/mol. The normalized spacial score (nSPS) is 10.9. The van der Waals surface area contributed by atoms with E-state index in [1.807, 2.05) is 35.8 Å². The summed E-state index contributed by atoms with van der Waals surface area (Å²) in [5.74, 6) is -0.00102. The molecule has 0 spiro atoms. The van der Waals surface area contributed by atoms with Crippen LogP contribution in [0.25, 0.3) is 10.9 Å². The molecule has 5 heteroatoms. The van der Waals surface area contributed by atoms with Crippen molar-refractivity contribution in [1.29, 1.82) is 0 Å². The minimum absolute atomic E-state index is 0.00102. The van der Waals surface area contributed by atoms with Crippen LogP contribution in [-0.4, -0.2) is 24.0 Å². The number of aromatic nitrogens is 1. The maximum Gasteiger partial charge on any atom is 0.261 e. The Morgan fingerprint density at radius 2 is 2.05 bits per heavy atom. The van der Waals surface area contributed by atoms with Gasteiger partial charge in [0.2, 0.25) is 0 Å². The van der Waals surface area contributed by atoms with E-state index in [9.17, 15) is 4.79 Å². The number of hydrogen-bond donors (Lipinski definition) is 3. The second kappa shape index (κ2) is 6.56. The molecule has 0 aliphatic heterocycles. The summed E-state index contributed by atoms with van der Waals surface area (Å²) in [4.78, 5) is 15.8. The number of para-hydroxylation sites is 1. The Morgan fingerprint density at radius 1 is 1.14 bits per heavy atom. The third-order valence-electron chi connectivity index (χ3n) is 3.32. The highest BCUT2D eigenvalue weighted by atomic mass is 32.1. The Morgan fingerprint density at radius 3 is 2.90 bits per heavy atom. The Bertz CT molecular complexity index is 718. The molecule has 3 rings (SSSR count). The summed E-state index contributed by atoms with van der Waals surface area (Å²) >= 11 is 1.46. The van der Waals surface area contributed by atoms with Crippen LogP contribution in [0.5, 0.6) is 0 Å². The molecule has 0 aliphatic carbocycles. The fourth-order valence-electron chi connectivity index (χ4n) is 2.26. The summed E-state index contributed by atoms with van der Waals surface area (Å²) in [6.45, 7) is 2.16. The SMILES string of the molecule is O=C(NCCNCc1c[nH]c2ccccc12)c1cccs1. The van der Waals surface area contributed by atoms with E-state index in [-0.39, 0.29) is 5.91 Å². The molecule has 21 heavy (non-hydrogen) atoms. The van der Waals surface area contributed by atoms with Crippen molar-refractivity contribution >= 4 is 28.1 Å². The third kappa shape index (κ3) is 3.32. The monoisotopic (exact) mass is 299 g/mol. The first kappa shape index (κ1) is 13.9. The third-order valence-corrected chi connectivity index (χ3v) is 4.19. The molecule has 0 saturated heterocycles. The van der Waals surface area contributed by atoms with Crippen LogP contribution in [0.3, 0.4) is 0 Å². The lowest BCUT2D eigenvalue weighted by Gasteiger charge is -2.05. The summed E-state index contributed by atoms with van der Waals surface area (Å²) in [7, 11) is 0. The number of benzene rings is 1. The molecule has 2 aromatic heterocycles. The quantitative estimate of drug-likeness (QED) is 0.613. The fraction of sp³-hybridized carbons (Fsp3) is 0.188. The lowest BCUT2D eigenvalue weighted by Crippen LogP contribution is -2.31. The summed E-state index contributed by atoms with van der Waals surface area (Å²) in [5, 5.41) is 9.40. The summed E-state index contributed by atoms with van der Waals surface area (Å²) in [6.07, 6.45) is 2.03. The van der Waals surface area contributed by atoms with E-state index in [4.69, 9.17) is 0 Å². The number of carbonyl (C=O) groups is 1. The van der Waals surface area contributed by atoms with Crippen LogP contribution in [0.4, 0.5) is 0 Å². The summed E-state index contributed by atoms with van der Waals surface area (Å²) in [5.41, 5.74) is 2.40. The first-order chi connectivity index (χ1) is 10.3. The smallest absolute Gasteiger partial charge is 0.261 e. The number of hydrogen-bond acceptors (Lipinski definition) is 3. The molecule has 3 aromatic rings. The molecule has 4 nitrogen and oxygen atoms in total. The molecular weight excluding hydrogens is 282 g/mol. The van der Waals surface area contributed by atoms with Crippen molar-refractivity contribution in [3.8, 4) is 0 Å². The lowest BCUT2D eigenvalue weighted by atomic mass is 10.2. The lowest BCUT2D eigenvalue weighted by molar-refractivity contribution is 0.0958. The molecule has 1 amide bonds. The van der Waals surface area contributed by atoms with Crippen molar-refractivity contribution in [2.45, 2.75) is 6.54 Å². The Balaban J connectivity index is 1.43. The molecule has 0 bridgehead atoms. The first-order valence-corrected chi connectivity index (χ1v) is 7.80.